The lowest BCUT2D eigenvalue weighted by atomic mass is 10.2. The van der Waals surface area contributed by atoms with Crippen molar-refractivity contribution in [2.45, 2.75) is 6.92 Å². The summed E-state index contributed by atoms with van der Waals surface area (Å²) in [5.74, 6) is 0.248. The molecule has 0 radical (unpaired) electrons. The predicted molar refractivity (Wildman–Crippen MR) is 88.3 cm³/mol. The number of rotatable bonds is 3. The highest BCUT2D eigenvalue weighted by molar-refractivity contribution is 7.80. The molecule has 1 aromatic heterocycles. The minimum atomic E-state index is -0.344. The van der Waals surface area contributed by atoms with Gasteiger partial charge in [-0.15, -0.1) is 0 Å². The molecule has 1 aromatic carbocycles. The molecule has 4 nitrogen and oxygen atoms in total. The Hall–Kier alpha value is -2.11. The molecule has 0 bridgehead atoms. The molecule has 0 fully saturated rings. The van der Waals surface area contributed by atoms with Gasteiger partial charge in [0.1, 0.15) is 5.76 Å². The Labute approximate surface area is 132 Å². The second kappa shape index (κ2) is 7.06. The number of amides is 1. The van der Waals surface area contributed by atoms with E-state index in [1.165, 1.54) is 12.3 Å². The van der Waals surface area contributed by atoms with Gasteiger partial charge in [0.2, 0.25) is 5.91 Å². The van der Waals surface area contributed by atoms with Crippen LogP contribution in [0.5, 0.6) is 0 Å². The van der Waals surface area contributed by atoms with Crippen LogP contribution in [-0.4, -0.2) is 11.0 Å². The molecule has 0 aliphatic rings. The highest BCUT2D eigenvalue weighted by Gasteiger charge is 2.05. The lowest BCUT2D eigenvalue weighted by molar-refractivity contribution is -0.115. The molecule has 1 amide bonds. The van der Waals surface area contributed by atoms with Crippen molar-refractivity contribution in [1.29, 1.82) is 0 Å². The summed E-state index contributed by atoms with van der Waals surface area (Å²) < 4.78 is 5.08. The molecule has 6 heteroatoms. The number of carbonyl (C=O) groups excluding carboxylic acids is 1. The number of benzene rings is 1. The molecular weight excluding hydrogens is 308 g/mol. The van der Waals surface area contributed by atoms with Crippen LogP contribution in [0, 0.1) is 6.92 Å². The van der Waals surface area contributed by atoms with E-state index in [0.717, 1.165) is 11.3 Å². The minimum Gasteiger partial charge on any atom is -0.465 e. The summed E-state index contributed by atoms with van der Waals surface area (Å²) in [4.78, 5) is 11.7. The van der Waals surface area contributed by atoms with Gasteiger partial charge in [-0.3, -0.25) is 10.1 Å². The summed E-state index contributed by atoms with van der Waals surface area (Å²) in [6.07, 6.45) is 4.44. The van der Waals surface area contributed by atoms with Crippen molar-refractivity contribution in [2.75, 3.05) is 5.32 Å². The van der Waals surface area contributed by atoms with E-state index in [9.17, 15) is 4.79 Å². The zero-order valence-corrected chi connectivity index (χ0v) is 12.8. The second-order valence-corrected chi connectivity index (χ2v) is 5.02. The van der Waals surface area contributed by atoms with Gasteiger partial charge >= 0.3 is 0 Å². The van der Waals surface area contributed by atoms with Gasteiger partial charge in [0.15, 0.2) is 5.11 Å². The van der Waals surface area contributed by atoms with E-state index in [2.05, 4.69) is 10.6 Å². The molecule has 0 spiro atoms. The van der Waals surface area contributed by atoms with Crippen LogP contribution < -0.4 is 10.6 Å². The Bertz CT molecular complexity index is 681. The van der Waals surface area contributed by atoms with Crippen LogP contribution in [0.1, 0.15) is 11.3 Å². The van der Waals surface area contributed by atoms with Crippen molar-refractivity contribution in [3.63, 3.8) is 0 Å². The van der Waals surface area contributed by atoms with Gasteiger partial charge in [0.25, 0.3) is 0 Å². The van der Waals surface area contributed by atoms with Gasteiger partial charge in [-0.25, -0.2) is 0 Å². The van der Waals surface area contributed by atoms with Gasteiger partial charge in [0, 0.05) is 16.8 Å². The Morgan fingerprint density at radius 1 is 1.33 bits per heavy atom. The zero-order valence-electron chi connectivity index (χ0n) is 11.2. The smallest absolute Gasteiger partial charge is 0.250 e. The summed E-state index contributed by atoms with van der Waals surface area (Å²) >= 11 is 11.1. The molecule has 0 saturated heterocycles. The predicted octanol–water partition coefficient (Wildman–Crippen LogP) is 3.77. The summed E-state index contributed by atoms with van der Waals surface area (Å²) in [5.41, 5.74) is 1.62. The van der Waals surface area contributed by atoms with Gasteiger partial charge in [-0.2, -0.15) is 0 Å². The van der Waals surface area contributed by atoms with Crippen LogP contribution in [0.25, 0.3) is 6.08 Å². The molecule has 2 aromatic rings. The van der Waals surface area contributed by atoms with Crippen LogP contribution in [0.15, 0.2) is 47.1 Å². The van der Waals surface area contributed by atoms with Crippen molar-refractivity contribution < 1.29 is 9.21 Å². The van der Waals surface area contributed by atoms with Crippen molar-refractivity contribution in [3.05, 3.63) is 59.0 Å². The van der Waals surface area contributed by atoms with Gasteiger partial charge in [0.05, 0.1) is 6.26 Å². The average Bonchev–Trinajstić information content (AvgIpc) is 2.95. The first-order valence-corrected chi connectivity index (χ1v) is 6.93. The molecular formula is C15H13ClN2O2S. The molecule has 0 aliphatic carbocycles. The van der Waals surface area contributed by atoms with E-state index >= 15 is 0 Å². The van der Waals surface area contributed by atoms with Gasteiger partial charge in [-0.05, 0) is 55.0 Å². The lowest BCUT2D eigenvalue weighted by Gasteiger charge is -2.11. The van der Waals surface area contributed by atoms with Gasteiger partial charge < -0.3 is 9.73 Å². The monoisotopic (exact) mass is 320 g/mol. The normalized spacial score (nSPS) is 10.6. The average molecular weight is 321 g/mol. The lowest BCUT2D eigenvalue weighted by Crippen LogP contribution is -2.33. The summed E-state index contributed by atoms with van der Waals surface area (Å²) in [5, 5.41) is 6.31. The van der Waals surface area contributed by atoms with E-state index in [1.54, 1.807) is 30.3 Å². The third-order valence-corrected chi connectivity index (χ3v) is 3.31. The maximum atomic E-state index is 11.7. The SMILES string of the molecule is Cc1c(Cl)cccc1NC(=S)NC(=O)C=Cc1ccco1. The highest BCUT2D eigenvalue weighted by Crippen LogP contribution is 2.22. The van der Waals surface area contributed by atoms with Crippen molar-refractivity contribution in [2.24, 2.45) is 0 Å². The second-order valence-electron chi connectivity index (χ2n) is 4.20. The van der Waals surface area contributed by atoms with Crippen LogP contribution in [0.4, 0.5) is 5.69 Å². The molecule has 0 unspecified atom stereocenters. The third kappa shape index (κ3) is 4.44. The fourth-order valence-electron chi connectivity index (χ4n) is 1.59. The zero-order chi connectivity index (χ0) is 15.2. The largest absolute Gasteiger partial charge is 0.465 e. The number of thiocarbonyl (C=S) groups is 1. The molecule has 2 N–H and O–H groups in total. The molecule has 0 atom stereocenters. The number of halogens is 1. The first-order valence-electron chi connectivity index (χ1n) is 6.15. The Balaban J connectivity index is 1.92. The summed E-state index contributed by atoms with van der Waals surface area (Å²) in [6, 6.07) is 8.91. The number of carbonyl (C=O) groups is 1. The molecule has 0 saturated carbocycles. The van der Waals surface area contributed by atoms with E-state index in [-0.39, 0.29) is 11.0 Å². The Morgan fingerprint density at radius 2 is 2.14 bits per heavy atom. The number of anilines is 1. The number of furan rings is 1. The molecule has 108 valence electrons. The Morgan fingerprint density at radius 3 is 2.86 bits per heavy atom. The fraction of sp³-hybridized carbons (Fsp3) is 0.0667. The van der Waals surface area contributed by atoms with Crippen LogP contribution in [-0.2, 0) is 4.79 Å². The number of hydrogen-bond acceptors (Lipinski definition) is 3. The first-order chi connectivity index (χ1) is 10.1. The fourth-order valence-corrected chi connectivity index (χ4v) is 1.98. The maximum Gasteiger partial charge on any atom is 0.250 e. The highest BCUT2D eigenvalue weighted by atomic mass is 35.5. The van der Waals surface area contributed by atoms with E-state index < -0.39 is 0 Å². The van der Waals surface area contributed by atoms with E-state index in [0.29, 0.717) is 10.8 Å². The van der Waals surface area contributed by atoms with Gasteiger partial charge in [-0.1, -0.05) is 17.7 Å². The third-order valence-electron chi connectivity index (χ3n) is 2.69. The van der Waals surface area contributed by atoms with E-state index in [1.807, 2.05) is 13.0 Å². The van der Waals surface area contributed by atoms with Crippen molar-refractivity contribution in [1.82, 2.24) is 5.32 Å². The Kier molecular flexibility index (Phi) is 5.14. The minimum absolute atomic E-state index is 0.203. The quantitative estimate of drug-likeness (QED) is 0.667. The standard InChI is InChI=1S/C15H13ClN2O2S/c1-10-12(16)5-2-6-13(10)17-15(21)18-14(19)8-7-11-4-3-9-20-11/h2-9H,1H3,(H2,17,18,19,21). The number of hydrogen-bond donors (Lipinski definition) is 2. The topological polar surface area (TPSA) is 54.3 Å². The van der Waals surface area contributed by atoms with Crippen LogP contribution in [0.2, 0.25) is 5.02 Å². The summed E-state index contributed by atoms with van der Waals surface area (Å²) in [7, 11) is 0. The first kappa shape index (κ1) is 15.3. The van der Waals surface area contributed by atoms with Crippen molar-refractivity contribution >= 4 is 46.6 Å². The maximum absolute atomic E-state index is 11.7. The van der Waals surface area contributed by atoms with E-state index in [4.69, 9.17) is 28.2 Å². The summed E-state index contributed by atoms with van der Waals surface area (Å²) in [6.45, 7) is 1.87. The molecule has 0 aliphatic heterocycles. The molecule has 21 heavy (non-hydrogen) atoms. The van der Waals surface area contributed by atoms with Crippen LogP contribution >= 0.6 is 23.8 Å². The molecule has 1 heterocycles. The van der Waals surface area contributed by atoms with Crippen LogP contribution in [0.3, 0.4) is 0 Å². The molecule has 2 rings (SSSR count). The van der Waals surface area contributed by atoms with Crippen molar-refractivity contribution in [3.8, 4) is 0 Å². The number of nitrogens with one attached hydrogen (secondary N) is 2.